The molecule has 1 aromatic carbocycles. The monoisotopic (exact) mass is 291 g/mol. The fourth-order valence-electron chi connectivity index (χ4n) is 1.42. The van der Waals surface area contributed by atoms with Gasteiger partial charge in [0.05, 0.1) is 5.92 Å². The third-order valence-corrected chi connectivity index (χ3v) is 2.32. The second kappa shape index (κ2) is 6.78. The molecule has 0 aromatic heterocycles. The topological polar surface area (TPSA) is 75.6 Å². The van der Waals surface area contributed by atoms with Crippen LogP contribution < -0.4 is 5.32 Å². The Morgan fingerprint density at radius 1 is 1.25 bits per heavy atom. The molecule has 110 valence electrons. The largest absolute Gasteiger partial charge is 0.481 e. The van der Waals surface area contributed by atoms with Crippen molar-refractivity contribution >= 4 is 12.1 Å². The standard InChI is InChI=1S/C12H12F3NO4/c13-12(14,15)7-20-11(19)16-6-9(10(17)18)8-4-2-1-3-5-8/h1-5,9H,6-7H2,(H,16,19)(H,17,18). The Balaban J connectivity index is 2.52. The zero-order chi connectivity index (χ0) is 15.2. The van der Waals surface area contributed by atoms with Crippen molar-refractivity contribution < 1.29 is 32.6 Å². The van der Waals surface area contributed by atoms with Gasteiger partial charge in [0.1, 0.15) is 0 Å². The Kier molecular flexibility index (Phi) is 5.36. The Bertz CT molecular complexity index is 462. The number of aliphatic carboxylic acids is 1. The Morgan fingerprint density at radius 2 is 1.85 bits per heavy atom. The number of ether oxygens (including phenoxy) is 1. The second-order valence-electron chi connectivity index (χ2n) is 3.87. The van der Waals surface area contributed by atoms with Crippen LogP contribution in [0.15, 0.2) is 30.3 Å². The van der Waals surface area contributed by atoms with E-state index in [0.29, 0.717) is 5.56 Å². The zero-order valence-electron chi connectivity index (χ0n) is 10.2. The molecule has 0 aliphatic carbocycles. The van der Waals surface area contributed by atoms with Gasteiger partial charge in [-0.1, -0.05) is 30.3 Å². The van der Waals surface area contributed by atoms with Crippen molar-refractivity contribution in [3.63, 3.8) is 0 Å². The smallest absolute Gasteiger partial charge is 0.422 e. The SMILES string of the molecule is O=C(NCC(C(=O)O)c1ccccc1)OCC(F)(F)F. The van der Waals surface area contributed by atoms with E-state index in [-0.39, 0.29) is 6.54 Å². The highest BCUT2D eigenvalue weighted by Gasteiger charge is 2.30. The van der Waals surface area contributed by atoms with Crippen LogP contribution in [0.5, 0.6) is 0 Å². The predicted molar refractivity (Wildman–Crippen MR) is 62.2 cm³/mol. The van der Waals surface area contributed by atoms with E-state index in [4.69, 9.17) is 5.11 Å². The van der Waals surface area contributed by atoms with Crippen LogP contribution in [-0.2, 0) is 9.53 Å². The number of rotatable bonds is 5. The first-order valence-corrected chi connectivity index (χ1v) is 5.54. The minimum Gasteiger partial charge on any atom is -0.481 e. The third-order valence-electron chi connectivity index (χ3n) is 2.32. The van der Waals surface area contributed by atoms with Crippen molar-refractivity contribution in [1.29, 1.82) is 0 Å². The number of hydrogen-bond donors (Lipinski definition) is 2. The van der Waals surface area contributed by atoms with Gasteiger partial charge in [0.2, 0.25) is 0 Å². The maximum atomic E-state index is 11.8. The van der Waals surface area contributed by atoms with Gasteiger partial charge in [-0.3, -0.25) is 4.79 Å². The minimum absolute atomic E-state index is 0.365. The van der Waals surface area contributed by atoms with Gasteiger partial charge in [0.25, 0.3) is 0 Å². The number of benzene rings is 1. The summed E-state index contributed by atoms with van der Waals surface area (Å²) in [5.41, 5.74) is 0.427. The predicted octanol–water partition coefficient (Wildman–Crippen LogP) is 2.14. The number of alkyl carbamates (subject to hydrolysis) is 1. The van der Waals surface area contributed by atoms with Crippen molar-refractivity contribution in [1.82, 2.24) is 5.32 Å². The van der Waals surface area contributed by atoms with E-state index in [9.17, 15) is 22.8 Å². The maximum absolute atomic E-state index is 11.8. The van der Waals surface area contributed by atoms with Crippen molar-refractivity contribution in [2.75, 3.05) is 13.2 Å². The first-order chi connectivity index (χ1) is 9.29. The summed E-state index contributed by atoms with van der Waals surface area (Å²) >= 11 is 0. The molecule has 1 amide bonds. The molecule has 0 saturated carbocycles. The molecular weight excluding hydrogens is 279 g/mol. The summed E-state index contributed by atoms with van der Waals surface area (Å²) < 4.78 is 39.3. The van der Waals surface area contributed by atoms with E-state index in [1.165, 1.54) is 0 Å². The van der Waals surface area contributed by atoms with E-state index in [0.717, 1.165) is 0 Å². The number of amides is 1. The van der Waals surface area contributed by atoms with Gasteiger partial charge in [-0.05, 0) is 5.56 Å². The molecule has 0 saturated heterocycles. The van der Waals surface area contributed by atoms with E-state index in [1.807, 2.05) is 5.32 Å². The van der Waals surface area contributed by atoms with Crippen molar-refractivity contribution in [2.24, 2.45) is 0 Å². The van der Waals surface area contributed by atoms with Crippen molar-refractivity contribution in [2.45, 2.75) is 12.1 Å². The lowest BCUT2D eigenvalue weighted by Gasteiger charge is -2.14. The number of hydrogen-bond acceptors (Lipinski definition) is 3. The number of halogens is 3. The quantitative estimate of drug-likeness (QED) is 0.871. The summed E-state index contributed by atoms with van der Waals surface area (Å²) in [5.74, 6) is -2.26. The third kappa shape index (κ3) is 5.59. The number of alkyl halides is 3. The number of carboxylic acids is 1. The van der Waals surface area contributed by atoms with Crippen molar-refractivity contribution in [3.05, 3.63) is 35.9 Å². The van der Waals surface area contributed by atoms with Gasteiger partial charge in [-0.25, -0.2) is 4.79 Å². The van der Waals surface area contributed by atoms with E-state index >= 15 is 0 Å². The maximum Gasteiger partial charge on any atom is 0.422 e. The van der Waals surface area contributed by atoms with Crippen LogP contribution in [0.25, 0.3) is 0 Å². The summed E-state index contributed by atoms with van der Waals surface area (Å²) in [6, 6.07) is 8.01. The molecule has 0 aliphatic rings. The van der Waals surface area contributed by atoms with Crippen LogP contribution in [0.4, 0.5) is 18.0 Å². The normalized spacial score (nSPS) is 12.6. The van der Waals surface area contributed by atoms with Gasteiger partial charge >= 0.3 is 18.2 Å². The number of nitrogens with one attached hydrogen (secondary N) is 1. The molecule has 0 radical (unpaired) electrons. The van der Waals surface area contributed by atoms with Crippen LogP contribution >= 0.6 is 0 Å². The summed E-state index contributed by atoms with van der Waals surface area (Å²) in [4.78, 5) is 22.1. The molecule has 1 rings (SSSR count). The molecule has 0 bridgehead atoms. The van der Waals surface area contributed by atoms with Crippen molar-refractivity contribution in [3.8, 4) is 0 Å². The second-order valence-corrected chi connectivity index (χ2v) is 3.87. The Morgan fingerprint density at radius 3 is 2.35 bits per heavy atom. The fourth-order valence-corrected chi connectivity index (χ4v) is 1.42. The molecule has 0 aliphatic heterocycles. The lowest BCUT2D eigenvalue weighted by Crippen LogP contribution is -2.34. The summed E-state index contributed by atoms with van der Waals surface area (Å²) in [6.45, 7) is -2.09. The van der Waals surface area contributed by atoms with Gasteiger partial charge in [0, 0.05) is 6.54 Å². The van der Waals surface area contributed by atoms with Gasteiger partial charge in [0.15, 0.2) is 6.61 Å². The van der Waals surface area contributed by atoms with E-state index in [1.54, 1.807) is 30.3 Å². The van der Waals surface area contributed by atoms with Crippen LogP contribution in [-0.4, -0.2) is 36.5 Å². The molecule has 1 unspecified atom stereocenters. The van der Waals surface area contributed by atoms with E-state index in [2.05, 4.69) is 4.74 Å². The fraction of sp³-hybridized carbons (Fsp3) is 0.333. The molecule has 0 spiro atoms. The van der Waals surface area contributed by atoms with Gasteiger partial charge in [-0.2, -0.15) is 13.2 Å². The van der Waals surface area contributed by atoms with Gasteiger partial charge in [-0.15, -0.1) is 0 Å². The summed E-state index contributed by atoms with van der Waals surface area (Å²) in [5, 5.41) is 11.0. The molecular formula is C12H12F3NO4. The molecule has 20 heavy (non-hydrogen) atoms. The zero-order valence-corrected chi connectivity index (χ0v) is 10.2. The molecule has 5 nitrogen and oxygen atoms in total. The van der Waals surface area contributed by atoms with E-state index < -0.39 is 30.8 Å². The van der Waals surface area contributed by atoms with Crippen LogP contribution in [0.2, 0.25) is 0 Å². The Hall–Kier alpha value is -2.25. The first kappa shape index (κ1) is 15.8. The average molecular weight is 291 g/mol. The number of carbonyl (C=O) groups excluding carboxylic acids is 1. The molecule has 8 heteroatoms. The lowest BCUT2D eigenvalue weighted by molar-refractivity contribution is -0.160. The minimum atomic E-state index is -4.62. The number of carboxylic acid groups (broad SMARTS) is 1. The molecule has 2 N–H and O–H groups in total. The highest BCUT2D eigenvalue weighted by Crippen LogP contribution is 2.16. The highest BCUT2D eigenvalue weighted by atomic mass is 19.4. The Labute approximate surface area is 112 Å². The molecule has 1 atom stereocenters. The first-order valence-electron chi connectivity index (χ1n) is 5.54. The van der Waals surface area contributed by atoms with Crippen LogP contribution in [0, 0.1) is 0 Å². The molecule has 1 aromatic rings. The molecule has 0 heterocycles. The van der Waals surface area contributed by atoms with Gasteiger partial charge < -0.3 is 15.2 Å². The molecule has 0 fully saturated rings. The lowest BCUT2D eigenvalue weighted by atomic mass is 9.99. The summed E-state index contributed by atoms with van der Waals surface area (Å²) in [7, 11) is 0. The van der Waals surface area contributed by atoms with Crippen LogP contribution in [0.1, 0.15) is 11.5 Å². The summed E-state index contributed by atoms with van der Waals surface area (Å²) in [6.07, 6.45) is -5.94. The van der Waals surface area contributed by atoms with Crippen LogP contribution in [0.3, 0.4) is 0 Å². The highest BCUT2D eigenvalue weighted by molar-refractivity contribution is 5.77. The number of carbonyl (C=O) groups is 2. The average Bonchev–Trinajstić information content (AvgIpc) is 2.36.